The van der Waals surface area contributed by atoms with E-state index >= 15 is 0 Å². The molecule has 1 fully saturated rings. The molecule has 3 N–H and O–H groups in total. The van der Waals surface area contributed by atoms with Gasteiger partial charge in [0.05, 0.1) is 5.02 Å². The van der Waals surface area contributed by atoms with Crippen LogP contribution in [0.3, 0.4) is 0 Å². The van der Waals surface area contributed by atoms with Gasteiger partial charge in [-0.2, -0.15) is 0 Å². The third-order valence-corrected chi connectivity index (χ3v) is 6.22. The number of nitrogens with two attached hydrogens (primary N) is 1. The first-order valence-corrected chi connectivity index (χ1v) is 9.17. The molecular weight excluding hydrogens is 328 g/mol. The molecule has 0 spiro atoms. The molecular formula is C14H19ClN2O2S2. The summed E-state index contributed by atoms with van der Waals surface area (Å²) in [6.07, 6.45) is 3.39. The monoisotopic (exact) mass is 346 g/mol. The van der Waals surface area contributed by atoms with E-state index in [2.05, 4.69) is 11.6 Å². The van der Waals surface area contributed by atoms with Crippen LogP contribution >= 0.6 is 23.8 Å². The lowest BCUT2D eigenvalue weighted by atomic mass is 9.99. The van der Waals surface area contributed by atoms with Crippen LogP contribution in [0.5, 0.6) is 0 Å². The summed E-state index contributed by atoms with van der Waals surface area (Å²) in [5.41, 5.74) is 6.06. The summed E-state index contributed by atoms with van der Waals surface area (Å²) >= 11 is 10.9. The van der Waals surface area contributed by atoms with E-state index in [4.69, 9.17) is 29.6 Å². The molecule has 0 aromatic heterocycles. The largest absolute Gasteiger partial charge is 0.389 e. The van der Waals surface area contributed by atoms with E-state index in [1.54, 1.807) is 6.07 Å². The van der Waals surface area contributed by atoms with Crippen LogP contribution in [0.4, 0.5) is 0 Å². The second-order valence-corrected chi connectivity index (χ2v) is 8.11. The lowest BCUT2D eigenvalue weighted by Gasteiger charge is -2.16. The predicted molar refractivity (Wildman–Crippen MR) is 89.0 cm³/mol. The number of benzene rings is 1. The molecule has 1 aliphatic carbocycles. The molecule has 0 saturated heterocycles. The third kappa shape index (κ3) is 3.94. The standard InChI is InChI=1S/C14H19ClN2O2S2/c1-9-3-2-4-11(9)8-17-21(18,19)13-6-5-10(14(16)20)7-12(13)15/h5-7,9,11,17H,2-4,8H2,1H3,(H2,16,20). The van der Waals surface area contributed by atoms with E-state index < -0.39 is 10.0 Å². The van der Waals surface area contributed by atoms with Crippen LogP contribution in [-0.4, -0.2) is 20.0 Å². The minimum Gasteiger partial charge on any atom is -0.389 e. The lowest BCUT2D eigenvalue weighted by Crippen LogP contribution is -2.30. The Kier molecular flexibility index (Phi) is 5.24. The van der Waals surface area contributed by atoms with Gasteiger partial charge in [-0.1, -0.05) is 49.7 Å². The van der Waals surface area contributed by atoms with Crippen molar-refractivity contribution in [2.24, 2.45) is 17.6 Å². The van der Waals surface area contributed by atoms with Gasteiger partial charge in [-0.25, -0.2) is 13.1 Å². The fraction of sp³-hybridized carbons (Fsp3) is 0.500. The summed E-state index contributed by atoms with van der Waals surface area (Å²) in [5.74, 6) is 0.953. The maximum Gasteiger partial charge on any atom is 0.242 e. The van der Waals surface area contributed by atoms with Gasteiger partial charge in [0.25, 0.3) is 0 Å². The van der Waals surface area contributed by atoms with E-state index in [0.717, 1.165) is 19.3 Å². The lowest BCUT2D eigenvalue weighted by molar-refractivity contribution is 0.414. The molecule has 1 aromatic rings. The van der Waals surface area contributed by atoms with Crippen molar-refractivity contribution in [3.05, 3.63) is 28.8 Å². The summed E-state index contributed by atoms with van der Waals surface area (Å²) in [5, 5.41) is 0.132. The van der Waals surface area contributed by atoms with Crippen molar-refractivity contribution < 1.29 is 8.42 Å². The fourth-order valence-corrected chi connectivity index (χ4v) is 4.46. The van der Waals surface area contributed by atoms with Gasteiger partial charge in [0.15, 0.2) is 0 Å². The summed E-state index contributed by atoms with van der Waals surface area (Å²) in [6, 6.07) is 4.49. The number of nitrogens with one attached hydrogen (secondary N) is 1. The highest BCUT2D eigenvalue weighted by atomic mass is 35.5. The Morgan fingerprint density at radius 1 is 1.48 bits per heavy atom. The minimum absolute atomic E-state index is 0.0646. The molecule has 1 saturated carbocycles. The van der Waals surface area contributed by atoms with E-state index in [0.29, 0.717) is 23.9 Å². The summed E-state index contributed by atoms with van der Waals surface area (Å²) in [6.45, 7) is 2.62. The van der Waals surface area contributed by atoms with Gasteiger partial charge >= 0.3 is 0 Å². The van der Waals surface area contributed by atoms with Crippen molar-refractivity contribution in [1.82, 2.24) is 4.72 Å². The Morgan fingerprint density at radius 2 is 2.19 bits per heavy atom. The zero-order valence-electron chi connectivity index (χ0n) is 11.8. The number of hydrogen-bond acceptors (Lipinski definition) is 3. The molecule has 4 nitrogen and oxygen atoms in total. The zero-order chi connectivity index (χ0) is 15.6. The van der Waals surface area contributed by atoms with E-state index in [1.807, 2.05) is 0 Å². The molecule has 0 heterocycles. The Hall–Kier alpha value is -0.690. The molecule has 0 amide bonds. The minimum atomic E-state index is -3.61. The van der Waals surface area contributed by atoms with Crippen LogP contribution in [0.2, 0.25) is 5.02 Å². The van der Waals surface area contributed by atoms with Crippen LogP contribution in [0.25, 0.3) is 0 Å². The van der Waals surface area contributed by atoms with Crippen molar-refractivity contribution in [2.45, 2.75) is 31.1 Å². The average molecular weight is 347 g/mol. The maximum atomic E-state index is 12.3. The van der Waals surface area contributed by atoms with Gasteiger partial charge in [-0.05, 0) is 30.4 Å². The molecule has 2 atom stereocenters. The van der Waals surface area contributed by atoms with Gasteiger partial charge in [-0.3, -0.25) is 0 Å². The summed E-state index contributed by atoms with van der Waals surface area (Å²) in [4.78, 5) is 0.253. The van der Waals surface area contributed by atoms with Gasteiger partial charge < -0.3 is 5.73 Å². The Bertz CT molecular complexity index is 646. The van der Waals surface area contributed by atoms with Gasteiger partial charge in [-0.15, -0.1) is 0 Å². The first kappa shape index (κ1) is 16.7. The Morgan fingerprint density at radius 3 is 2.71 bits per heavy atom. The summed E-state index contributed by atoms with van der Waals surface area (Å²) in [7, 11) is -3.61. The van der Waals surface area contributed by atoms with Crippen molar-refractivity contribution in [3.63, 3.8) is 0 Å². The molecule has 7 heteroatoms. The first-order valence-electron chi connectivity index (χ1n) is 6.90. The fourth-order valence-electron chi connectivity index (χ4n) is 2.69. The second kappa shape index (κ2) is 6.60. The number of rotatable bonds is 5. The highest BCUT2D eigenvalue weighted by Crippen LogP contribution is 2.31. The van der Waals surface area contributed by atoms with E-state index in [9.17, 15) is 8.42 Å². The molecule has 2 unspecified atom stereocenters. The smallest absolute Gasteiger partial charge is 0.242 e. The normalized spacial score (nSPS) is 22.4. The predicted octanol–water partition coefficient (Wildman–Crippen LogP) is 2.69. The second-order valence-electron chi connectivity index (χ2n) is 5.53. The van der Waals surface area contributed by atoms with Crippen LogP contribution in [0.1, 0.15) is 31.7 Å². The quantitative estimate of drug-likeness (QED) is 0.804. The van der Waals surface area contributed by atoms with Crippen molar-refractivity contribution in [1.29, 1.82) is 0 Å². The highest BCUT2D eigenvalue weighted by molar-refractivity contribution is 7.89. The first-order chi connectivity index (χ1) is 9.81. The van der Waals surface area contributed by atoms with Crippen LogP contribution < -0.4 is 10.5 Å². The topological polar surface area (TPSA) is 72.2 Å². The molecule has 1 aliphatic rings. The Balaban J connectivity index is 2.14. The molecule has 2 rings (SSSR count). The number of halogens is 1. The van der Waals surface area contributed by atoms with Crippen molar-refractivity contribution >= 4 is 38.8 Å². The van der Waals surface area contributed by atoms with Crippen molar-refractivity contribution in [3.8, 4) is 0 Å². The molecule has 1 aromatic carbocycles. The van der Waals surface area contributed by atoms with Gasteiger partial charge in [0, 0.05) is 12.1 Å². The SMILES string of the molecule is CC1CCCC1CNS(=O)(=O)c1ccc(C(N)=S)cc1Cl. The Labute approximate surface area is 136 Å². The number of hydrogen-bond donors (Lipinski definition) is 2. The maximum absolute atomic E-state index is 12.3. The van der Waals surface area contributed by atoms with E-state index in [1.165, 1.54) is 12.1 Å². The summed E-state index contributed by atoms with van der Waals surface area (Å²) < 4.78 is 27.3. The molecule has 0 aliphatic heterocycles. The van der Waals surface area contributed by atoms with Crippen LogP contribution in [0, 0.1) is 11.8 Å². The van der Waals surface area contributed by atoms with Crippen LogP contribution in [0.15, 0.2) is 23.1 Å². The van der Waals surface area contributed by atoms with Gasteiger partial charge in [0.2, 0.25) is 10.0 Å². The van der Waals surface area contributed by atoms with E-state index in [-0.39, 0.29) is 14.9 Å². The van der Waals surface area contributed by atoms with Crippen molar-refractivity contribution in [2.75, 3.05) is 6.54 Å². The average Bonchev–Trinajstić information content (AvgIpc) is 2.81. The number of thiocarbonyl (C=S) groups is 1. The van der Waals surface area contributed by atoms with Gasteiger partial charge in [0.1, 0.15) is 9.88 Å². The highest BCUT2D eigenvalue weighted by Gasteiger charge is 2.26. The number of sulfonamides is 1. The molecule has 21 heavy (non-hydrogen) atoms. The third-order valence-electron chi connectivity index (χ3n) is 4.08. The molecule has 0 radical (unpaired) electrons. The van der Waals surface area contributed by atoms with Crippen LogP contribution in [-0.2, 0) is 10.0 Å². The molecule has 116 valence electrons. The zero-order valence-corrected chi connectivity index (χ0v) is 14.2. The molecule has 0 bridgehead atoms.